The molecule has 29 heavy (non-hydrogen) atoms. The number of hydrogen-bond acceptors (Lipinski definition) is 5. The largest absolute Gasteiger partial charge is 0.497 e. The predicted octanol–water partition coefficient (Wildman–Crippen LogP) is 2.29. The average Bonchev–Trinajstić information content (AvgIpc) is 2.77. The molecule has 0 unspecified atom stereocenters. The normalized spacial score (nSPS) is 13.7. The molecular weight excluding hydrogens is 370 g/mol. The number of nitrogens with one attached hydrogen (secondary N) is 1. The Kier molecular flexibility index (Phi) is 6.49. The van der Waals surface area contributed by atoms with Gasteiger partial charge >= 0.3 is 0 Å². The molecule has 7 heteroatoms. The molecule has 1 saturated heterocycles. The molecule has 0 spiro atoms. The molecule has 152 valence electrons. The lowest BCUT2D eigenvalue weighted by Crippen LogP contribution is -2.51. The van der Waals surface area contributed by atoms with Crippen molar-refractivity contribution in [3.05, 3.63) is 59.7 Å². The van der Waals surface area contributed by atoms with Crippen LogP contribution in [0.25, 0.3) is 0 Å². The number of Topliss-reactive ketones (excluding diaryl/α,β-unsaturated/α-hetero) is 1. The quantitative estimate of drug-likeness (QED) is 0.760. The molecule has 1 aliphatic rings. The Morgan fingerprint density at radius 1 is 0.862 bits per heavy atom. The summed E-state index contributed by atoms with van der Waals surface area (Å²) >= 11 is 0. The molecular formula is C22H25N3O4. The van der Waals surface area contributed by atoms with Gasteiger partial charge in [-0.2, -0.15) is 0 Å². The van der Waals surface area contributed by atoms with E-state index < -0.39 is 0 Å². The Bertz CT molecular complexity index is 870. The number of nitrogens with zero attached hydrogens (tertiary/aromatic N) is 2. The number of amides is 2. The zero-order chi connectivity index (χ0) is 20.8. The fraction of sp³-hybridized carbons (Fsp3) is 0.318. The van der Waals surface area contributed by atoms with E-state index in [0.717, 1.165) is 5.69 Å². The summed E-state index contributed by atoms with van der Waals surface area (Å²) in [5.74, 6) is 0.663. The van der Waals surface area contributed by atoms with Crippen LogP contribution in [-0.2, 0) is 4.79 Å². The first-order valence-corrected chi connectivity index (χ1v) is 9.54. The number of hydrogen-bond donors (Lipinski definition) is 1. The molecule has 1 heterocycles. The number of carbonyl (C=O) groups is 3. The van der Waals surface area contributed by atoms with Crippen molar-refractivity contribution in [2.45, 2.75) is 6.92 Å². The highest BCUT2D eigenvalue weighted by atomic mass is 16.5. The van der Waals surface area contributed by atoms with Crippen LogP contribution >= 0.6 is 0 Å². The summed E-state index contributed by atoms with van der Waals surface area (Å²) in [5, 5.41) is 3.08. The van der Waals surface area contributed by atoms with Crippen molar-refractivity contribution in [3.63, 3.8) is 0 Å². The zero-order valence-corrected chi connectivity index (χ0v) is 16.7. The number of ether oxygens (including phenoxy) is 1. The van der Waals surface area contributed by atoms with Crippen LogP contribution in [0.1, 0.15) is 27.6 Å². The minimum atomic E-state index is -0.0385. The number of anilines is 1. The van der Waals surface area contributed by atoms with E-state index >= 15 is 0 Å². The van der Waals surface area contributed by atoms with Gasteiger partial charge < -0.3 is 19.9 Å². The standard InChI is InChI=1S/C22H25N3O4/c1-16(26)17-3-7-19(8-4-17)23-15-21(27)24-11-13-25(14-12-24)22(28)18-5-9-20(29-2)10-6-18/h3-10,23H,11-15H2,1-2H3. The van der Waals surface area contributed by atoms with Crippen molar-refractivity contribution < 1.29 is 19.1 Å². The minimum Gasteiger partial charge on any atom is -0.497 e. The van der Waals surface area contributed by atoms with Crippen LogP contribution in [0, 0.1) is 0 Å². The maximum absolute atomic E-state index is 12.6. The smallest absolute Gasteiger partial charge is 0.253 e. The Hall–Kier alpha value is -3.35. The highest BCUT2D eigenvalue weighted by molar-refractivity contribution is 5.95. The molecule has 0 atom stereocenters. The second-order valence-electron chi connectivity index (χ2n) is 6.89. The van der Waals surface area contributed by atoms with Gasteiger partial charge in [0.15, 0.2) is 5.78 Å². The van der Waals surface area contributed by atoms with Crippen LogP contribution in [0.3, 0.4) is 0 Å². The summed E-state index contributed by atoms with van der Waals surface area (Å²) in [6.45, 7) is 3.71. The highest BCUT2D eigenvalue weighted by Gasteiger charge is 2.24. The summed E-state index contributed by atoms with van der Waals surface area (Å²) < 4.78 is 5.12. The number of benzene rings is 2. The Morgan fingerprint density at radius 3 is 1.97 bits per heavy atom. The van der Waals surface area contributed by atoms with Gasteiger partial charge in [-0.25, -0.2) is 0 Å². The fourth-order valence-electron chi connectivity index (χ4n) is 3.19. The van der Waals surface area contributed by atoms with Gasteiger partial charge in [0.2, 0.25) is 5.91 Å². The van der Waals surface area contributed by atoms with Crippen molar-refractivity contribution in [1.82, 2.24) is 9.80 Å². The van der Waals surface area contributed by atoms with Crippen molar-refractivity contribution in [3.8, 4) is 5.75 Å². The summed E-state index contributed by atoms with van der Waals surface area (Å²) in [5.41, 5.74) is 2.04. The number of methoxy groups -OCH3 is 1. The average molecular weight is 395 g/mol. The van der Waals surface area contributed by atoms with Gasteiger partial charge in [-0.1, -0.05) is 0 Å². The van der Waals surface area contributed by atoms with Gasteiger partial charge in [0.1, 0.15) is 5.75 Å². The van der Waals surface area contributed by atoms with Gasteiger partial charge in [0.05, 0.1) is 13.7 Å². The molecule has 2 aromatic rings. The lowest BCUT2D eigenvalue weighted by molar-refractivity contribution is -0.130. The first-order chi connectivity index (χ1) is 14.0. The van der Waals surface area contributed by atoms with Crippen molar-refractivity contribution in [1.29, 1.82) is 0 Å². The number of carbonyl (C=O) groups excluding carboxylic acids is 3. The van der Waals surface area contributed by atoms with Gasteiger partial charge in [0.25, 0.3) is 5.91 Å². The van der Waals surface area contributed by atoms with E-state index in [1.165, 1.54) is 6.92 Å². The SMILES string of the molecule is COc1ccc(C(=O)N2CCN(C(=O)CNc3ccc(C(C)=O)cc3)CC2)cc1. The van der Waals surface area contributed by atoms with Crippen molar-refractivity contribution in [2.24, 2.45) is 0 Å². The third kappa shape index (κ3) is 5.13. The molecule has 0 aromatic heterocycles. The summed E-state index contributed by atoms with van der Waals surface area (Å²) in [4.78, 5) is 39.9. The molecule has 0 bridgehead atoms. The Morgan fingerprint density at radius 2 is 1.41 bits per heavy atom. The maximum atomic E-state index is 12.6. The summed E-state index contributed by atoms with van der Waals surface area (Å²) in [7, 11) is 1.59. The van der Waals surface area contributed by atoms with E-state index in [4.69, 9.17) is 4.74 Å². The van der Waals surface area contributed by atoms with E-state index in [9.17, 15) is 14.4 Å². The highest BCUT2D eigenvalue weighted by Crippen LogP contribution is 2.15. The fourth-order valence-corrected chi connectivity index (χ4v) is 3.19. The topological polar surface area (TPSA) is 79.0 Å². The third-order valence-corrected chi connectivity index (χ3v) is 4.99. The van der Waals surface area contributed by atoms with Crippen LogP contribution < -0.4 is 10.1 Å². The second-order valence-corrected chi connectivity index (χ2v) is 6.89. The van der Waals surface area contributed by atoms with Crippen LogP contribution in [0.2, 0.25) is 0 Å². The van der Waals surface area contributed by atoms with E-state index in [1.54, 1.807) is 65.4 Å². The van der Waals surface area contributed by atoms with Gasteiger partial charge in [0, 0.05) is 43.0 Å². The molecule has 7 nitrogen and oxygen atoms in total. The van der Waals surface area contributed by atoms with E-state index in [-0.39, 0.29) is 24.1 Å². The molecule has 0 radical (unpaired) electrons. The van der Waals surface area contributed by atoms with Gasteiger partial charge in [-0.05, 0) is 55.5 Å². The zero-order valence-electron chi connectivity index (χ0n) is 16.7. The third-order valence-electron chi connectivity index (χ3n) is 4.99. The van der Waals surface area contributed by atoms with E-state index in [1.807, 2.05) is 0 Å². The van der Waals surface area contributed by atoms with E-state index in [0.29, 0.717) is 43.1 Å². The monoisotopic (exact) mass is 395 g/mol. The van der Waals surface area contributed by atoms with E-state index in [2.05, 4.69) is 5.32 Å². The molecule has 1 N–H and O–H groups in total. The van der Waals surface area contributed by atoms with Crippen LogP contribution in [0.4, 0.5) is 5.69 Å². The van der Waals surface area contributed by atoms with Crippen molar-refractivity contribution >= 4 is 23.3 Å². The minimum absolute atomic E-state index is 0.00897. The summed E-state index contributed by atoms with van der Waals surface area (Å²) in [6.07, 6.45) is 0. The molecule has 1 fully saturated rings. The number of rotatable bonds is 6. The first-order valence-electron chi connectivity index (χ1n) is 9.54. The lowest BCUT2D eigenvalue weighted by atomic mass is 10.1. The van der Waals surface area contributed by atoms with Crippen LogP contribution in [0.5, 0.6) is 5.75 Å². The summed E-state index contributed by atoms with van der Waals surface area (Å²) in [6, 6.07) is 14.1. The van der Waals surface area contributed by atoms with Crippen molar-refractivity contribution in [2.75, 3.05) is 45.2 Å². The Labute approximate surface area is 170 Å². The van der Waals surface area contributed by atoms with Gasteiger partial charge in [-0.15, -0.1) is 0 Å². The molecule has 0 saturated carbocycles. The molecule has 1 aliphatic heterocycles. The molecule has 3 rings (SSSR count). The molecule has 2 aromatic carbocycles. The number of ketones is 1. The number of piperazine rings is 1. The van der Waals surface area contributed by atoms with Crippen LogP contribution in [-0.4, -0.2) is 67.2 Å². The maximum Gasteiger partial charge on any atom is 0.253 e. The predicted molar refractivity (Wildman–Crippen MR) is 110 cm³/mol. The lowest BCUT2D eigenvalue weighted by Gasteiger charge is -2.35. The van der Waals surface area contributed by atoms with Gasteiger partial charge in [-0.3, -0.25) is 14.4 Å². The first kappa shape index (κ1) is 20.4. The molecule has 0 aliphatic carbocycles. The van der Waals surface area contributed by atoms with Crippen LogP contribution in [0.15, 0.2) is 48.5 Å². The second kappa shape index (κ2) is 9.23. The Balaban J connectivity index is 1.47. The molecule has 2 amide bonds.